The molecule has 0 saturated carbocycles. The second-order valence-corrected chi connectivity index (χ2v) is 8.36. The molecule has 0 aromatic heterocycles. The van der Waals surface area contributed by atoms with Gasteiger partial charge in [0.25, 0.3) is 0 Å². The van der Waals surface area contributed by atoms with Crippen molar-refractivity contribution in [1.82, 2.24) is 4.90 Å². The molecule has 1 N–H and O–H groups in total. The van der Waals surface area contributed by atoms with Crippen molar-refractivity contribution < 1.29 is 14.0 Å². The van der Waals surface area contributed by atoms with Crippen LogP contribution in [-0.4, -0.2) is 30.8 Å². The Hall–Kier alpha value is -2.89. The molecule has 30 heavy (non-hydrogen) atoms. The van der Waals surface area contributed by atoms with Crippen LogP contribution in [-0.2, 0) is 22.7 Å². The molecule has 0 spiro atoms. The second kappa shape index (κ2) is 10.2. The molecular formula is C24H32FN3O2. The average molecular weight is 414 g/mol. The van der Waals surface area contributed by atoms with E-state index in [0.717, 1.165) is 16.8 Å². The molecule has 0 aliphatic heterocycles. The molecule has 162 valence electrons. The maximum absolute atomic E-state index is 13.3. The highest BCUT2D eigenvalue weighted by molar-refractivity contribution is 5.92. The van der Waals surface area contributed by atoms with Crippen LogP contribution in [0, 0.1) is 17.7 Å². The van der Waals surface area contributed by atoms with Gasteiger partial charge in [-0.25, -0.2) is 4.39 Å². The zero-order valence-electron chi connectivity index (χ0n) is 18.7. The molecule has 0 heterocycles. The van der Waals surface area contributed by atoms with Gasteiger partial charge < -0.3 is 15.1 Å². The fourth-order valence-corrected chi connectivity index (χ4v) is 3.11. The van der Waals surface area contributed by atoms with Crippen LogP contribution in [0.4, 0.5) is 15.8 Å². The Labute approximate surface area is 178 Å². The maximum Gasteiger partial charge on any atom is 0.226 e. The molecule has 2 aromatic carbocycles. The average Bonchev–Trinajstić information content (AvgIpc) is 2.68. The van der Waals surface area contributed by atoms with Crippen LogP contribution < -0.4 is 10.2 Å². The number of hydrogen-bond donors (Lipinski definition) is 1. The number of amides is 2. The van der Waals surface area contributed by atoms with E-state index in [9.17, 15) is 14.0 Å². The summed E-state index contributed by atoms with van der Waals surface area (Å²) < 4.78 is 13.3. The van der Waals surface area contributed by atoms with Gasteiger partial charge >= 0.3 is 0 Å². The minimum Gasteiger partial charge on any atom is -0.377 e. The quantitative estimate of drug-likeness (QED) is 0.684. The first-order valence-corrected chi connectivity index (χ1v) is 10.2. The highest BCUT2D eigenvalue weighted by Crippen LogP contribution is 2.26. The fourth-order valence-electron chi connectivity index (χ4n) is 3.11. The number of halogens is 1. The molecule has 5 nitrogen and oxygen atoms in total. The number of carbonyl (C=O) groups excluding carboxylic acids is 2. The molecule has 2 amide bonds. The molecule has 0 saturated heterocycles. The fraction of sp³-hybridized carbons (Fsp3) is 0.417. The van der Waals surface area contributed by atoms with E-state index >= 15 is 0 Å². The molecule has 2 rings (SSSR count). The third kappa shape index (κ3) is 6.31. The molecule has 0 fully saturated rings. The van der Waals surface area contributed by atoms with Gasteiger partial charge in [-0.3, -0.25) is 9.59 Å². The molecule has 2 aromatic rings. The molecular weight excluding hydrogens is 381 g/mol. The van der Waals surface area contributed by atoms with Gasteiger partial charge in [-0.2, -0.15) is 0 Å². The molecule has 6 heteroatoms. The number of rotatable bonds is 8. The van der Waals surface area contributed by atoms with E-state index in [1.165, 1.54) is 12.1 Å². The SMILES string of the molecule is CC(C)C(=O)Nc1ccc(N(C)C)c(CN(Cc2ccc(F)cc2)C(=O)C(C)C)c1. The lowest BCUT2D eigenvalue weighted by Gasteiger charge is -2.28. The van der Waals surface area contributed by atoms with Crippen LogP contribution in [0.25, 0.3) is 0 Å². The monoisotopic (exact) mass is 413 g/mol. The van der Waals surface area contributed by atoms with Crippen molar-refractivity contribution in [2.45, 2.75) is 40.8 Å². The van der Waals surface area contributed by atoms with Crippen LogP contribution in [0.3, 0.4) is 0 Å². The smallest absolute Gasteiger partial charge is 0.226 e. The third-order valence-corrected chi connectivity index (χ3v) is 4.81. The Bertz CT molecular complexity index is 877. The minimum absolute atomic E-state index is 0.0145. The molecule has 0 unspecified atom stereocenters. The van der Waals surface area contributed by atoms with E-state index in [1.54, 1.807) is 17.0 Å². The third-order valence-electron chi connectivity index (χ3n) is 4.81. The van der Waals surface area contributed by atoms with Gasteiger partial charge in [0, 0.05) is 50.4 Å². The predicted molar refractivity (Wildman–Crippen MR) is 120 cm³/mol. The highest BCUT2D eigenvalue weighted by Gasteiger charge is 2.20. The van der Waals surface area contributed by atoms with Crippen LogP contribution in [0.2, 0.25) is 0 Å². The Morgan fingerprint density at radius 3 is 2.10 bits per heavy atom. The van der Waals surface area contributed by atoms with Crippen molar-refractivity contribution in [1.29, 1.82) is 0 Å². The van der Waals surface area contributed by atoms with E-state index < -0.39 is 0 Å². The maximum atomic E-state index is 13.3. The van der Waals surface area contributed by atoms with Crippen LogP contribution in [0.1, 0.15) is 38.8 Å². The first kappa shape index (κ1) is 23.4. The lowest BCUT2D eigenvalue weighted by molar-refractivity contribution is -0.135. The summed E-state index contributed by atoms with van der Waals surface area (Å²) in [6.07, 6.45) is 0. The number of nitrogens with one attached hydrogen (secondary N) is 1. The molecule has 0 radical (unpaired) electrons. The predicted octanol–water partition coefficient (Wildman–Crippen LogP) is 4.67. The second-order valence-electron chi connectivity index (χ2n) is 8.36. The van der Waals surface area contributed by atoms with E-state index in [-0.39, 0.29) is 29.5 Å². The number of anilines is 2. The molecule has 0 atom stereocenters. The summed E-state index contributed by atoms with van der Waals surface area (Å²) in [4.78, 5) is 28.8. The first-order chi connectivity index (χ1) is 14.1. The number of benzene rings is 2. The van der Waals surface area contributed by atoms with Crippen LogP contribution in [0.15, 0.2) is 42.5 Å². The molecule has 0 aliphatic carbocycles. The highest BCUT2D eigenvalue weighted by atomic mass is 19.1. The van der Waals surface area contributed by atoms with Gasteiger partial charge in [0.15, 0.2) is 0 Å². The summed E-state index contributed by atoms with van der Waals surface area (Å²) in [5.41, 5.74) is 3.46. The van der Waals surface area contributed by atoms with Crippen molar-refractivity contribution in [2.75, 3.05) is 24.3 Å². The summed E-state index contributed by atoms with van der Waals surface area (Å²) >= 11 is 0. The molecule has 0 bridgehead atoms. The lowest BCUT2D eigenvalue weighted by Crippen LogP contribution is -2.34. The van der Waals surface area contributed by atoms with E-state index in [1.807, 2.05) is 64.9 Å². The number of hydrogen-bond acceptors (Lipinski definition) is 3. The van der Waals surface area contributed by atoms with Crippen molar-refractivity contribution in [2.24, 2.45) is 11.8 Å². The van der Waals surface area contributed by atoms with Crippen LogP contribution >= 0.6 is 0 Å². The zero-order chi connectivity index (χ0) is 22.4. The van der Waals surface area contributed by atoms with Gasteiger partial charge in [-0.05, 0) is 41.5 Å². The Morgan fingerprint density at radius 2 is 1.57 bits per heavy atom. The van der Waals surface area contributed by atoms with Crippen LogP contribution in [0.5, 0.6) is 0 Å². The normalized spacial score (nSPS) is 11.0. The standard InChI is InChI=1S/C24H32FN3O2/c1-16(2)23(29)26-21-11-12-22(27(5)6)19(13-21)15-28(24(30)17(3)4)14-18-7-9-20(25)10-8-18/h7-13,16-17H,14-15H2,1-6H3,(H,26,29). The topological polar surface area (TPSA) is 52.7 Å². The number of nitrogens with zero attached hydrogens (tertiary/aromatic N) is 2. The van der Waals surface area contributed by atoms with Gasteiger partial charge in [0.1, 0.15) is 5.82 Å². The zero-order valence-corrected chi connectivity index (χ0v) is 18.7. The van der Waals surface area contributed by atoms with Gasteiger partial charge in [0.2, 0.25) is 11.8 Å². The largest absolute Gasteiger partial charge is 0.377 e. The van der Waals surface area contributed by atoms with E-state index in [4.69, 9.17) is 0 Å². The number of carbonyl (C=O) groups is 2. The summed E-state index contributed by atoms with van der Waals surface area (Å²) in [7, 11) is 3.89. The van der Waals surface area contributed by atoms with Crippen molar-refractivity contribution in [3.05, 3.63) is 59.4 Å². The van der Waals surface area contributed by atoms with Crippen molar-refractivity contribution in [3.8, 4) is 0 Å². The minimum atomic E-state index is -0.302. The summed E-state index contributed by atoms with van der Waals surface area (Å²) in [5.74, 6) is -0.638. The summed E-state index contributed by atoms with van der Waals surface area (Å²) in [6.45, 7) is 8.19. The van der Waals surface area contributed by atoms with Gasteiger partial charge in [-0.1, -0.05) is 39.8 Å². The Balaban J connectivity index is 2.36. The van der Waals surface area contributed by atoms with Crippen molar-refractivity contribution >= 4 is 23.2 Å². The Morgan fingerprint density at radius 1 is 0.933 bits per heavy atom. The van der Waals surface area contributed by atoms with Gasteiger partial charge in [0.05, 0.1) is 0 Å². The van der Waals surface area contributed by atoms with Crippen molar-refractivity contribution in [3.63, 3.8) is 0 Å². The van der Waals surface area contributed by atoms with Gasteiger partial charge in [-0.15, -0.1) is 0 Å². The lowest BCUT2D eigenvalue weighted by atomic mass is 10.1. The van der Waals surface area contributed by atoms with E-state index in [0.29, 0.717) is 18.8 Å². The van der Waals surface area contributed by atoms with E-state index in [2.05, 4.69) is 5.32 Å². The first-order valence-electron chi connectivity index (χ1n) is 10.2. The summed E-state index contributed by atoms with van der Waals surface area (Å²) in [6, 6.07) is 11.9. The Kier molecular flexibility index (Phi) is 7.98. The molecule has 0 aliphatic rings. The summed E-state index contributed by atoms with van der Waals surface area (Å²) in [5, 5.41) is 2.93.